The van der Waals surface area contributed by atoms with Gasteiger partial charge in [-0.2, -0.15) is 23.3 Å². The lowest BCUT2D eigenvalue weighted by Gasteiger charge is -2.29. The molecule has 1 aliphatic carbocycles. The first-order chi connectivity index (χ1) is 23.3. The van der Waals surface area contributed by atoms with Crippen molar-refractivity contribution >= 4 is 5.95 Å². The van der Waals surface area contributed by atoms with Crippen molar-refractivity contribution in [1.29, 1.82) is 0 Å². The molecule has 0 bridgehead atoms. The van der Waals surface area contributed by atoms with Gasteiger partial charge in [0.1, 0.15) is 24.0 Å². The summed E-state index contributed by atoms with van der Waals surface area (Å²) in [7, 11) is 1.54. The highest BCUT2D eigenvalue weighted by atomic mass is 19.4. The summed E-state index contributed by atoms with van der Waals surface area (Å²) in [5.41, 5.74) is 2.79. The summed E-state index contributed by atoms with van der Waals surface area (Å²) in [4.78, 5) is 41.1. The predicted molar refractivity (Wildman–Crippen MR) is 176 cm³/mol. The molecule has 49 heavy (non-hydrogen) atoms. The van der Waals surface area contributed by atoms with E-state index < -0.39 is 11.9 Å². The Bertz CT molecular complexity index is 2000. The molecule has 12 nitrogen and oxygen atoms in total. The molecule has 5 aromatic rings. The highest BCUT2D eigenvalue weighted by molar-refractivity contribution is 5.66. The average Bonchev–Trinajstić information content (AvgIpc) is 3.83. The van der Waals surface area contributed by atoms with E-state index in [1.54, 1.807) is 18.2 Å². The highest BCUT2D eigenvalue weighted by Crippen LogP contribution is 2.45. The molecule has 1 atom stereocenters. The third-order valence-electron chi connectivity index (χ3n) is 8.58. The van der Waals surface area contributed by atoms with E-state index in [0.29, 0.717) is 40.0 Å². The number of aromatic amines is 1. The number of hydrogen-bond acceptors (Lipinski definition) is 10. The number of anilines is 1. The molecule has 0 aliphatic heterocycles. The summed E-state index contributed by atoms with van der Waals surface area (Å²) in [6, 6.07) is 8.38. The number of hydrogen-bond donors (Lipinski definition) is 1. The Morgan fingerprint density at radius 1 is 1.00 bits per heavy atom. The predicted octanol–water partition coefficient (Wildman–Crippen LogP) is 6.65. The molecule has 0 spiro atoms. The second kappa shape index (κ2) is 13.4. The summed E-state index contributed by atoms with van der Waals surface area (Å²) in [6.45, 7) is 9.67. The number of aromatic nitrogens is 9. The Labute approximate surface area is 280 Å². The fraction of sp³-hybridized carbons (Fsp3) is 0.412. The first-order valence-corrected chi connectivity index (χ1v) is 16.1. The van der Waals surface area contributed by atoms with Gasteiger partial charge >= 0.3 is 6.18 Å². The van der Waals surface area contributed by atoms with Crippen LogP contribution in [0.4, 0.5) is 19.1 Å². The van der Waals surface area contributed by atoms with Crippen LogP contribution in [0.15, 0.2) is 54.0 Å². The molecule has 4 heterocycles. The van der Waals surface area contributed by atoms with Gasteiger partial charge in [0.2, 0.25) is 11.8 Å². The normalized spacial score (nSPS) is 14.0. The second-order valence-corrected chi connectivity index (χ2v) is 12.7. The number of rotatable bonds is 11. The number of imidazole rings is 1. The lowest BCUT2D eigenvalue weighted by atomic mass is 10.0. The zero-order valence-electron chi connectivity index (χ0n) is 28.0. The Morgan fingerprint density at radius 3 is 2.35 bits per heavy atom. The summed E-state index contributed by atoms with van der Waals surface area (Å²) in [5, 5.41) is 6.93. The fourth-order valence-corrected chi connectivity index (χ4v) is 5.72. The van der Waals surface area contributed by atoms with Crippen molar-refractivity contribution in [3.63, 3.8) is 0 Å². The van der Waals surface area contributed by atoms with Crippen LogP contribution in [0.2, 0.25) is 0 Å². The van der Waals surface area contributed by atoms with Gasteiger partial charge in [0.25, 0.3) is 5.56 Å². The minimum Gasteiger partial charge on any atom is -0.480 e. The van der Waals surface area contributed by atoms with E-state index in [9.17, 15) is 18.0 Å². The maximum atomic E-state index is 13.6. The van der Waals surface area contributed by atoms with Gasteiger partial charge in [-0.3, -0.25) is 4.79 Å². The van der Waals surface area contributed by atoms with E-state index in [-0.39, 0.29) is 41.8 Å². The van der Waals surface area contributed by atoms with Crippen LogP contribution in [-0.2, 0) is 12.7 Å². The Morgan fingerprint density at radius 2 is 1.71 bits per heavy atom. The first-order valence-electron chi connectivity index (χ1n) is 16.1. The number of nitrogens with one attached hydrogen (secondary N) is 1. The standard InChI is InChI=1S/C34H37F3N10O2/c1-18(2)25-13-24(44-45-31(25)48)14-47(33-41-17-39-29(43-33)27-28(22-9-10-22)38-16-40-32(27)49-6)20(5)21-7-11-23(12-8-21)30-42-26(34(35,36)37)15-46(30)19(3)4/h7-8,11-13,15-20,22H,9-10,14H2,1-6H3,(H,45,48)/t20-/m0/s1. The number of benzene rings is 1. The van der Waals surface area contributed by atoms with Crippen molar-refractivity contribution in [3.8, 4) is 28.7 Å². The van der Waals surface area contributed by atoms with Gasteiger partial charge in [-0.1, -0.05) is 38.1 Å². The minimum atomic E-state index is -4.56. The molecule has 0 saturated heterocycles. The molecule has 15 heteroatoms. The number of halogens is 3. The fourth-order valence-electron chi connectivity index (χ4n) is 5.72. The van der Waals surface area contributed by atoms with Crippen LogP contribution in [0.5, 0.6) is 5.88 Å². The van der Waals surface area contributed by atoms with Gasteiger partial charge in [-0.25, -0.2) is 30.0 Å². The molecule has 0 radical (unpaired) electrons. The highest BCUT2D eigenvalue weighted by Gasteiger charge is 2.35. The Balaban J connectivity index is 1.41. The van der Waals surface area contributed by atoms with Crippen LogP contribution in [-0.4, -0.2) is 51.8 Å². The molecule has 256 valence electrons. The van der Waals surface area contributed by atoms with Crippen LogP contribution in [0, 0.1) is 0 Å². The van der Waals surface area contributed by atoms with Gasteiger partial charge in [0, 0.05) is 29.3 Å². The van der Waals surface area contributed by atoms with E-state index in [2.05, 4.69) is 35.1 Å². The minimum absolute atomic E-state index is 0.0321. The van der Waals surface area contributed by atoms with Crippen molar-refractivity contribution < 1.29 is 17.9 Å². The van der Waals surface area contributed by atoms with Crippen LogP contribution < -0.4 is 15.2 Å². The summed E-state index contributed by atoms with van der Waals surface area (Å²) >= 11 is 0. The molecule has 6 rings (SSSR count). The number of methoxy groups -OCH3 is 1. The van der Waals surface area contributed by atoms with Gasteiger partial charge < -0.3 is 14.2 Å². The third kappa shape index (κ3) is 7.01. The lowest BCUT2D eigenvalue weighted by molar-refractivity contribution is -0.140. The number of alkyl halides is 3. The third-order valence-corrected chi connectivity index (χ3v) is 8.58. The maximum Gasteiger partial charge on any atom is 0.434 e. The average molecular weight is 675 g/mol. The number of H-pyrrole nitrogens is 1. The molecule has 1 aromatic carbocycles. The molecular formula is C34H37F3N10O2. The SMILES string of the molecule is COc1ncnc(C2CC2)c1-c1ncnc(N(Cc2cc(C(C)C)c(=O)[nH]n2)[C@@H](C)c2ccc(-c3nc(C(F)(F)F)cn3C(C)C)cc2)n1. The maximum absolute atomic E-state index is 13.6. The number of ether oxygens (including phenoxy) is 1. The van der Waals surface area contributed by atoms with Crippen molar-refractivity contribution in [2.24, 2.45) is 0 Å². The van der Waals surface area contributed by atoms with Gasteiger partial charge in [-0.05, 0) is 51.2 Å². The molecule has 4 aromatic heterocycles. The second-order valence-electron chi connectivity index (χ2n) is 12.7. The Hall–Kier alpha value is -5.21. The Kier molecular flexibility index (Phi) is 9.18. The largest absolute Gasteiger partial charge is 0.480 e. The van der Waals surface area contributed by atoms with E-state index in [4.69, 9.17) is 9.72 Å². The van der Waals surface area contributed by atoms with E-state index in [0.717, 1.165) is 30.3 Å². The number of nitrogens with zero attached hydrogens (tertiary/aromatic N) is 9. The smallest absolute Gasteiger partial charge is 0.434 e. The van der Waals surface area contributed by atoms with Crippen molar-refractivity contribution in [1.82, 2.24) is 44.7 Å². The van der Waals surface area contributed by atoms with E-state index in [1.807, 2.05) is 51.7 Å². The molecule has 1 N–H and O–H groups in total. The first kappa shape index (κ1) is 33.7. The lowest BCUT2D eigenvalue weighted by Crippen LogP contribution is -2.30. The molecule has 0 unspecified atom stereocenters. The molecule has 1 fully saturated rings. The monoisotopic (exact) mass is 674 g/mol. The van der Waals surface area contributed by atoms with Crippen molar-refractivity contribution in [2.45, 2.75) is 84.1 Å². The van der Waals surface area contributed by atoms with Crippen LogP contribution in [0.3, 0.4) is 0 Å². The molecule has 1 aliphatic rings. The topological polar surface area (TPSA) is 140 Å². The van der Waals surface area contributed by atoms with Crippen LogP contribution in [0.25, 0.3) is 22.8 Å². The summed E-state index contributed by atoms with van der Waals surface area (Å²) in [6.07, 6.45) is 1.37. The van der Waals surface area contributed by atoms with E-state index in [1.165, 1.54) is 24.3 Å². The summed E-state index contributed by atoms with van der Waals surface area (Å²) < 4.78 is 47.8. The molecule has 1 saturated carbocycles. The zero-order chi connectivity index (χ0) is 35.0. The van der Waals surface area contributed by atoms with Gasteiger partial charge in [-0.15, -0.1) is 0 Å². The van der Waals surface area contributed by atoms with Gasteiger partial charge in [0.05, 0.1) is 31.1 Å². The van der Waals surface area contributed by atoms with Crippen molar-refractivity contribution in [3.05, 3.63) is 87.7 Å². The van der Waals surface area contributed by atoms with Gasteiger partial charge in [0.15, 0.2) is 11.5 Å². The van der Waals surface area contributed by atoms with Crippen LogP contribution in [0.1, 0.15) is 99.6 Å². The summed E-state index contributed by atoms with van der Waals surface area (Å²) in [5.74, 6) is 1.51. The van der Waals surface area contributed by atoms with E-state index >= 15 is 0 Å². The zero-order valence-corrected chi connectivity index (χ0v) is 28.0. The van der Waals surface area contributed by atoms with Crippen LogP contribution >= 0.6 is 0 Å². The van der Waals surface area contributed by atoms with Crippen molar-refractivity contribution in [2.75, 3.05) is 12.0 Å². The molecular weight excluding hydrogens is 637 g/mol. The molecule has 0 amide bonds. The quantitative estimate of drug-likeness (QED) is 0.162.